The van der Waals surface area contributed by atoms with Crippen molar-refractivity contribution < 1.29 is 19.1 Å². The average molecular weight is 535 g/mol. The normalized spacial score (nSPS) is 17.8. The third kappa shape index (κ3) is 4.32. The quantitative estimate of drug-likeness (QED) is 0.269. The third-order valence-electron chi connectivity index (χ3n) is 7.55. The summed E-state index contributed by atoms with van der Waals surface area (Å²) in [5, 5.41) is 15.1. The zero-order valence-corrected chi connectivity index (χ0v) is 21.7. The Balaban J connectivity index is 1.38. The molecule has 10 nitrogen and oxygen atoms in total. The lowest BCUT2D eigenvalue weighted by molar-refractivity contribution is -0.120. The first-order valence-corrected chi connectivity index (χ1v) is 13.2. The fraction of sp³-hybridized carbons (Fsp3) is 0.233. The molecule has 1 atom stereocenters. The predicted octanol–water partition coefficient (Wildman–Crippen LogP) is 5.05. The maximum atomic E-state index is 12.1. The van der Waals surface area contributed by atoms with Gasteiger partial charge in [0.15, 0.2) is 0 Å². The van der Waals surface area contributed by atoms with E-state index in [1.807, 2.05) is 31.5 Å². The lowest BCUT2D eigenvalue weighted by Crippen LogP contribution is -2.22. The van der Waals surface area contributed by atoms with E-state index in [1.165, 1.54) is 0 Å². The van der Waals surface area contributed by atoms with Crippen LogP contribution in [0.15, 0.2) is 60.9 Å². The minimum Gasteiger partial charge on any atom is -0.438 e. The van der Waals surface area contributed by atoms with Crippen LogP contribution in [0.25, 0.3) is 32.8 Å². The van der Waals surface area contributed by atoms with Crippen LogP contribution in [-0.2, 0) is 9.53 Å². The summed E-state index contributed by atoms with van der Waals surface area (Å²) in [5.41, 5.74) is 5.58. The monoisotopic (exact) mass is 534 g/mol. The van der Waals surface area contributed by atoms with Crippen LogP contribution >= 0.6 is 0 Å². The maximum Gasteiger partial charge on any atom is 0.322 e. The molecule has 3 aromatic heterocycles. The SMILES string of the molecule is Cc1cc(-c2c(C3CCOCC3)nc(Oc3ccc(C4NC(=O)NC4=O)cc3)c3cc4[nH]ncc4cc23)ccn1. The molecule has 0 aliphatic carbocycles. The summed E-state index contributed by atoms with van der Waals surface area (Å²) in [6.07, 6.45) is 5.39. The smallest absolute Gasteiger partial charge is 0.322 e. The van der Waals surface area contributed by atoms with Crippen LogP contribution in [0, 0.1) is 6.92 Å². The molecule has 2 aromatic carbocycles. The first-order valence-electron chi connectivity index (χ1n) is 13.2. The molecule has 2 aliphatic rings. The number of nitrogens with zero attached hydrogens (tertiary/aromatic N) is 3. The fourth-order valence-corrected chi connectivity index (χ4v) is 5.58. The Morgan fingerprint density at radius 3 is 2.58 bits per heavy atom. The van der Waals surface area contributed by atoms with E-state index in [-0.39, 0.29) is 11.8 Å². The molecule has 0 saturated carbocycles. The van der Waals surface area contributed by atoms with E-state index >= 15 is 0 Å². The number of pyridine rings is 2. The number of aromatic amines is 1. The average Bonchev–Trinajstić information content (AvgIpc) is 3.57. The minimum atomic E-state index is -0.725. The van der Waals surface area contributed by atoms with Crippen molar-refractivity contribution in [3.05, 3.63) is 77.9 Å². The molecule has 1 unspecified atom stereocenters. The van der Waals surface area contributed by atoms with Crippen molar-refractivity contribution in [2.75, 3.05) is 13.2 Å². The van der Waals surface area contributed by atoms with Crippen molar-refractivity contribution in [2.45, 2.75) is 31.7 Å². The Morgan fingerprint density at radius 2 is 1.82 bits per heavy atom. The number of rotatable bonds is 5. The number of hydrogen-bond acceptors (Lipinski definition) is 7. The predicted molar refractivity (Wildman–Crippen MR) is 148 cm³/mol. The van der Waals surface area contributed by atoms with Gasteiger partial charge in [0.25, 0.3) is 5.91 Å². The van der Waals surface area contributed by atoms with Crippen LogP contribution in [0.3, 0.4) is 0 Å². The van der Waals surface area contributed by atoms with E-state index in [0.29, 0.717) is 30.4 Å². The number of carbonyl (C=O) groups excluding carboxylic acids is 2. The van der Waals surface area contributed by atoms with Crippen molar-refractivity contribution in [2.24, 2.45) is 0 Å². The van der Waals surface area contributed by atoms with Gasteiger partial charge in [-0.2, -0.15) is 5.10 Å². The number of imide groups is 1. The van der Waals surface area contributed by atoms with Crippen LogP contribution in [0.2, 0.25) is 0 Å². The van der Waals surface area contributed by atoms with E-state index in [4.69, 9.17) is 14.5 Å². The van der Waals surface area contributed by atoms with Crippen molar-refractivity contribution >= 4 is 33.6 Å². The first-order chi connectivity index (χ1) is 19.5. The third-order valence-corrected chi connectivity index (χ3v) is 7.55. The zero-order chi connectivity index (χ0) is 27.2. The number of H-pyrrole nitrogens is 1. The molecule has 7 rings (SSSR count). The maximum absolute atomic E-state index is 12.1. The van der Waals surface area contributed by atoms with Gasteiger partial charge in [-0.15, -0.1) is 0 Å². The van der Waals surface area contributed by atoms with E-state index in [2.05, 4.69) is 37.9 Å². The molecule has 0 spiro atoms. The van der Waals surface area contributed by atoms with Gasteiger partial charge in [-0.25, -0.2) is 9.78 Å². The van der Waals surface area contributed by atoms with Crippen molar-refractivity contribution in [1.82, 2.24) is 30.8 Å². The summed E-state index contributed by atoms with van der Waals surface area (Å²) in [5.74, 6) is 0.883. The number of ether oxygens (including phenoxy) is 2. The second-order valence-corrected chi connectivity index (χ2v) is 10.2. The summed E-state index contributed by atoms with van der Waals surface area (Å²) in [6, 6.07) is 14.2. The molecular formula is C30H26N6O4. The topological polar surface area (TPSA) is 131 Å². The van der Waals surface area contributed by atoms with Gasteiger partial charge >= 0.3 is 6.03 Å². The number of carbonyl (C=O) groups is 2. The lowest BCUT2D eigenvalue weighted by atomic mass is 9.87. The molecule has 3 amide bonds. The van der Waals surface area contributed by atoms with Gasteiger partial charge in [0, 0.05) is 47.4 Å². The second-order valence-electron chi connectivity index (χ2n) is 10.2. The largest absolute Gasteiger partial charge is 0.438 e. The van der Waals surface area contributed by atoms with Gasteiger partial charge in [0.1, 0.15) is 11.8 Å². The highest BCUT2D eigenvalue weighted by Crippen LogP contribution is 2.43. The standard InChI is InChI=1S/C30H26N6O4/c1-16-12-19(6-9-31-16)25-22-13-20-15-32-36-24(20)14-23(22)29(33-26(25)18-7-10-39-11-8-18)40-21-4-2-17(3-5-21)27-28(37)35-30(38)34-27/h2-6,9,12-15,18,27H,7-8,10-11H2,1H3,(H,32,36)(H2,34,35,37,38). The highest BCUT2D eigenvalue weighted by atomic mass is 16.5. The number of urea groups is 1. The highest BCUT2D eigenvalue weighted by molar-refractivity contribution is 6.07. The minimum absolute atomic E-state index is 0.205. The van der Waals surface area contributed by atoms with E-state index in [9.17, 15) is 9.59 Å². The Bertz CT molecular complexity index is 1780. The fourth-order valence-electron chi connectivity index (χ4n) is 5.58. The molecule has 0 bridgehead atoms. The Morgan fingerprint density at radius 1 is 1.00 bits per heavy atom. The summed E-state index contributed by atoms with van der Waals surface area (Å²) in [4.78, 5) is 33.3. The Kier molecular flexibility index (Phi) is 5.89. The number of hydrogen-bond donors (Lipinski definition) is 3. The number of benzene rings is 2. The summed E-state index contributed by atoms with van der Waals surface area (Å²) < 4.78 is 12.1. The molecule has 40 heavy (non-hydrogen) atoms. The van der Waals surface area contributed by atoms with Crippen LogP contribution in [-0.4, -0.2) is 45.3 Å². The molecule has 2 saturated heterocycles. The van der Waals surface area contributed by atoms with Gasteiger partial charge in [-0.1, -0.05) is 12.1 Å². The van der Waals surface area contributed by atoms with Gasteiger partial charge in [-0.05, 0) is 72.7 Å². The van der Waals surface area contributed by atoms with Crippen LogP contribution < -0.4 is 15.4 Å². The van der Waals surface area contributed by atoms with Gasteiger partial charge < -0.3 is 14.8 Å². The van der Waals surface area contributed by atoms with E-state index in [1.54, 1.807) is 24.3 Å². The molecule has 2 aliphatic heterocycles. The summed E-state index contributed by atoms with van der Waals surface area (Å²) >= 11 is 0. The Hall–Kier alpha value is -4.83. The number of amides is 3. The number of aryl methyl sites for hydroxylation is 1. The molecular weight excluding hydrogens is 508 g/mol. The molecule has 0 radical (unpaired) electrons. The molecule has 5 heterocycles. The van der Waals surface area contributed by atoms with Crippen LogP contribution in [0.1, 0.15) is 41.8 Å². The van der Waals surface area contributed by atoms with Crippen LogP contribution in [0.4, 0.5) is 4.79 Å². The number of fused-ring (bicyclic) bond motifs is 2. The Labute approximate surface area is 229 Å². The molecule has 10 heteroatoms. The molecule has 5 aromatic rings. The van der Waals surface area contributed by atoms with Gasteiger partial charge in [0.05, 0.1) is 17.4 Å². The lowest BCUT2D eigenvalue weighted by Gasteiger charge is -2.26. The van der Waals surface area contributed by atoms with E-state index < -0.39 is 12.1 Å². The number of aromatic nitrogens is 4. The number of nitrogens with one attached hydrogen (secondary N) is 3. The van der Waals surface area contributed by atoms with Gasteiger partial charge in [-0.3, -0.25) is 20.2 Å². The second kappa shape index (κ2) is 9.73. The van der Waals surface area contributed by atoms with Gasteiger partial charge in [0.2, 0.25) is 5.88 Å². The van der Waals surface area contributed by atoms with Crippen molar-refractivity contribution in [3.63, 3.8) is 0 Å². The van der Waals surface area contributed by atoms with Crippen molar-refractivity contribution in [3.8, 4) is 22.8 Å². The van der Waals surface area contributed by atoms with Crippen LogP contribution in [0.5, 0.6) is 11.6 Å². The molecule has 3 N–H and O–H groups in total. The molecule has 2 fully saturated rings. The summed E-state index contributed by atoms with van der Waals surface area (Å²) in [7, 11) is 0. The van der Waals surface area contributed by atoms with E-state index in [0.717, 1.165) is 57.0 Å². The zero-order valence-electron chi connectivity index (χ0n) is 21.7. The molecule has 200 valence electrons. The van der Waals surface area contributed by atoms with Crippen molar-refractivity contribution in [1.29, 1.82) is 0 Å². The first kappa shape index (κ1) is 24.2. The highest BCUT2D eigenvalue weighted by Gasteiger charge is 2.31. The summed E-state index contributed by atoms with van der Waals surface area (Å²) in [6.45, 7) is 3.36.